The number of nitrogens with zero attached hydrogens (tertiary/aromatic N) is 1. The summed E-state index contributed by atoms with van der Waals surface area (Å²) in [6.45, 7) is 9.18. The van der Waals surface area contributed by atoms with Gasteiger partial charge in [-0.15, -0.1) is 0 Å². The Hall–Kier alpha value is -1.06. The van der Waals surface area contributed by atoms with Crippen LogP contribution in [-0.2, 0) is 0 Å². The molecule has 0 bridgehead atoms. The van der Waals surface area contributed by atoms with E-state index in [0.717, 1.165) is 19.6 Å². The van der Waals surface area contributed by atoms with Crippen molar-refractivity contribution in [2.45, 2.75) is 19.8 Å². The molecular weight excluding hydrogens is 222 g/mol. The third-order valence-corrected chi connectivity index (χ3v) is 3.49. The molecule has 100 valence electrons. The van der Waals surface area contributed by atoms with Crippen molar-refractivity contribution in [3.8, 4) is 0 Å². The van der Waals surface area contributed by atoms with Gasteiger partial charge in [0.05, 0.1) is 0 Å². The molecule has 1 aromatic carbocycles. The van der Waals surface area contributed by atoms with E-state index >= 15 is 0 Å². The molecule has 1 saturated heterocycles. The predicted octanol–water partition coefficient (Wildman–Crippen LogP) is 2.09. The van der Waals surface area contributed by atoms with Crippen molar-refractivity contribution in [3.63, 3.8) is 0 Å². The van der Waals surface area contributed by atoms with Gasteiger partial charge in [0, 0.05) is 38.4 Å². The molecule has 0 atom stereocenters. The molecule has 18 heavy (non-hydrogen) atoms. The topological polar surface area (TPSA) is 27.3 Å². The average Bonchev–Trinajstić information content (AvgIpc) is 2.42. The van der Waals surface area contributed by atoms with Gasteiger partial charge >= 0.3 is 0 Å². The van der Waals surface area contributed by atoms with E-state index in [0.29, 0.717) is 0 Å². The lowest BCUT2D eigenvalue weighted by Crippen LogP contribution is -2.43. The maximum Gasteiger partial charge on any atom is 0.0340 e. The summed E-state index contributed by atoms with van der Waals surface area (Å²) < 4.78 is 0. The van der Waals surface area contributed by atoms with Crippen LogP contribution in [0.1, 0.15) is 18.4 Å². The third kappa shape index (κ3) is 4.67. The first kappa shape index (κ1) is 13.4. The summed E-state index contributed by atoms with van der Waals surface area (Å²) >= 11 is 0. The van der Waals surface area contributed by atoms with Crippen molar-refractivity contribution in [1.82, 2.24) is 10.2 Å². The Morgan fingerprint density at radius 2 is 1.83 bits per heavy atom. The van der Waals surface area contributed by atoms with E-state index in [2.05, 4.69) is 46.7 Å². The van der Waals surface area contributed by atoms with Gasteiger partial charge in [-0.3, -0.25) is 0 Å². The van der Waals surface area contributed by atoms with Crippen LogP contribution in [0.5, 0.6) is 0 Å². The summed E-state index contributed by atoms with van der Waals surface area (Å²) in [6, 6.07) is 8.63. The summed E-state index contributed by atoms with van der Waals surface area (Å²) in [6.07, 6.45) is 2.54. The van der Waals surface area contributed by atoms with Gasteiger partial charge in [-0.2, -0.15) is 0 Å². The molecule has 1 aliphatic rings. The highest BCUT2D eigenvalue weighted by atomic mass is 15.2. The number of hydrogen-bond donors (Lipinski definition) is 2. The van der Waals surface area contributed by atoms with Crippen molar-refractivity contribution in [2.75, 3.05) is 44.6 Å². The molecule has 1 heterocycles. The highest BCUT2D eigenvalue weighted by Gasteiger charge is 2.07. The lowest BCUT2D eigenvalue weighted by molar-refractivity contribution is 0.237. The Kier molecular flexibility index (Phi) is 5.49. The maximum atomic E-state index is 3.48. The lowest BCUT2D eigenvalue weighted by Gasteiger charge is -2.27. The van der Waals surface area contributed by atoms with Crippen LogP contribution >= 0.6 is 0 Å². The molecule has 0 unspecified atom stereocenters. The van der Waals surface area contributed by atoms with Gasteiger partial charge in [0.1, 0.15) is 0 Å². The minimum Gasteiger partial charge on any atom is -0.385 e. The number of rotatable bonds is 6. The first-order valence-corrected chi connectivity index (χ1v) is 7.08. The van der Waals surface area contributed by atoms with Crippen LogP contribution < -0.4 is 10.6 Å². The molecule has 2 rings (SSSR count). The second-order valence-corrected chi connectivity index (χ2v) is 5.09. The van der Waals surface area contributed by atoms with Crippen molar-refractivity contribution in [1.29, 1.82) is 0 Å². The van der Waals surface area contributed by atoms with E-state index < -0.39 is 0 Å². The highest BCUT2D eigenvalue weighted by Crippen LogP contribution is 2.08. The van der Waals surface area contributed by atoms with E-state index in [1.165, 1.54) is 43.7 Å². The van der Waals surface area contributed by atoms with Gasteiger partial charge in [-0.05, 0) is 38.4 Å². The Bertz CT molecular complexity index is 328. The molecular formula is C15H25N3. The van der Waals surface area contributed by atoms with E-state index in [9.17, 15) is 0 Å². The zero-order chi connectivity index (χ0) is 12.6. The zero-order valence-electron chi connectivity index (χ0n) is 11.4. The Morgan fingerprint density at radius 1 is 1.11 bits per heavy atom. The Morgan fingerprint density at radius 3 is 2.56 bits per heavy atom. The molecule has 1 fully saturated rings. The van der Waals surface area contributed by atoms with E-state index in [4.69, 9.17) is 0 Å². The highest BCUT2D eigenvalue weighted by molar-refractivity contribution is 5.44. The molecule has 2 N–H and O–H groups in total. The van der Waals surface area contributed by atoms with Crippen LogP contribution in [0.4, 0.5) is 5.69 Å². The van der Waals surface area contributed by atoms with Crippen molar-refractivity contribution < 1.29 is 0 Å². The molecule has 1 aromatic rings. The predicted molar refractivity (Wildman–Crippen MR) is 78.2 cm³/mol. The van der Waals surface area contributed by atoms with E-state index in [1.807, 2.05) is 0 Å². The fourth-order valence-electron chi connectivity index (χ4n) is 2.30. The number of unbranched alkanes of at least 4 members (excludes halogenated alkanes) is 1. The van der Waals surface area contributed by atoms with Gasteiger partial charge in [-0.1, -0.05) is 17.7 Å². The number of hydrogen-bond acceptors (Lipinski definition) is 3. The Balaban J connectivity index is 1.54. The molecule has 0 spiro atoms. The van der Waals surface area contributed by atoms with Gasteiger partial charge in [0.25, 0.3) is 0 Å². The standard InChI is InChI=1S/C15H25N3/c1-14-4-6-15(7-5-14)17-8-2-3-11-18-12-9-16-10-13-18/h4-7,16-17H,2-3,8-13H2,1H3. The van der Waals surface area contributed by atoms with E-state index in [-0.39, 0.29) is 0 Å². The molecule has 0 aromatic heterocycles. The van der Waals surface area contributed by atoms with Crippen LogP contribution in [-0.4, -0.2) is 44.2 Å². The quantitative estimate of drug-likeness (QED) is 0.754. The molecule has 1 aliphatic heterocycles. The maximum absolute atomic E-state index is 3.48. The number of piperazine rings is 1. The normalized spacial score (nSPS) is 16.7. The summed E-state index contributed by atoms with van der Waals surface area (Å²) in [5.41, 5.74) is 2.56. The first-order chi connectivity index (χ1) is 8.84. The summed E-state index contributed by atoms with van der Waals surface area (Å²) in [4.78, 5) is 2.56. The molecule has 0 aliphatic carbocycles. The van der Waals surface area contributed by atoms with Crippen molar-refractivity contribution >= 4 is 5.69 Å². The number of aryl methyl sites for hydroxylation is 1. The molecule has 0 amide bonds. The van der Waals surface area contributed by atoms with Gasteiger partial charge < -0.3 is 15.5 Å². The molecule has 3 nitrogen and oxygen atoms in total. The molecule has 0 saturated carbocycles. The van der Waals surface area contributed by atoms with Crippen LogP contribution in [0.25, 0.3) is 0 Å². The van der Waals surface area contributed by atoms with Gasteiger partial charge in [0.15, 0.2) is 0 Å². The van der Waals surface area contributed by atoms with E-state index in [1.54, 1.807) is 0 Å². The Labute approximate surface area is 111 Å². The number of anilines is 1. The monoisotopic (exact) mass is 247 g/mol. The lowest BCUT2D eigenvalue weighted by atomic mass is 10.2. The third-order valence-electron chi connectivity index (χ3n) is 3.49. The second kappa shape index (κ2) is 7.39. The second-order valence-electron chi connectivity index (χ2n) is 5.09. The summed E-state index contributed by atoms with van der Waals surface area (Å²) in [5.74, 6) is 0. The molecule has 3 heteroatoms. The largest absolute Gasteiger partial charge is 0.385 e. The van der Waals surface area contributed by atoms with Crippen molar-refractivity contribution in [3.05, 3.63) is 29.8 Å². The number of benzene rings is 1. The minimum absolute atomic E-state index is 1.08. The van der Waals surface area contributed by atoms with Gasteiger partial charge in [-0.25, -0.2) is 0 Å². The fraction of sp³-hybridized carbons (Fsp3) is 0.600. The van der Waals surface area contributed by atoms with Gasteiger partial charge in [0.2, 0.25) is 0 Å². The smallest absolute Gasteiger partial charge is 0.0340 e. The first-order valence-electron chi connectivity index (χ1n) is 7.08. The van der Waals surface area contributed by atoms with Crippen LogP contribution in [0.15, 0.2) is 24.3 Å². The zero-order valence-corrected chi connectivity index (χ0v) is 11.4. The minimum atomic E-state index is 1.08. The molecule has 0 radical (unpaired) electrons. The average molecular weight is 247 g/mol. The summed E-state index contributed by atoms with van der Waals surface area (Å²) in [7, 11) is 0. The SMILES string of the molecule is Cc1ccc(NCCCCN2CCNCC2)cc1. The van der Waals surface area contributed by atoms with Crippen LogP contribution in [0.2, 0.25) is 0 Å². The van der Waals surface area contributed by atoms with Crippen molar-refractivity contribution in [2.24, 2.45) is 0 Å². The fourth-order valence-corrected chi connectivity index (χ4v) is 2.30. The van der Waals surface area contributed by atoms with Crippen LogP contribution in [0, 0.1) is 6.92 Å². The van der Waals surface area contributed by atoms with Crippen LogP contribution in [0.3, 0.4) is 0 Å². The summed E-state index contributed by atoms with van der Waals surface area (Å²) in [5, 5.41) is 6.87. The number of nitrogens with one attached hydrogen (secondary N) is 2.